The molecule has 0 aliphatic heterocycles. The van der Waals surface area contributed by atoms with E-state index in [2.05, 4.69) is 10.5 Å². The van der Waals surface area contributed by atoms with Crippen molar-refractivity contribution < 1.29 is 14.6 Å². The predicted octanol–water partition coefficient (Wildman–Crippen LogP) is 4.42. The van der Waals surface area contributed by atoms with Crippen molar-refractivity contribution in [3.8, 4) is 11.5 Å². The smallest absolute Gasteiger partial charge is 0.240 e. The van der Waals surface area contributed by atoms with Gasteiger partial charge in [0.15, 0.2) is 0 Å². The van der Waals surface area contributed by atoms with Crippen LogP contribution < -0.4 is 10.2 Å². The van der Waals surface area contributed by atoms with Crippen LogP contribution in [0.5, 0.6) is 11.5 Å². The Morgan fingerprint density at radius 3 is 2.61 bits per heavy atom. The summed E-state index contributed by atoms with van der Waals surface area (Å²) in [6.45, 7) is 3.97. The molecule has 2 N–H and O–H groups in total. The molecule has 0 aromatic heterocycles. The van der Waals surface area contributed by atoms with Crippen LogP contribution >= 0.6 is 0 Å². The molecule has 0 atom stereocenters. The molecule has 5 heteroatoms. The Labute approximate surface area is 164 Å². The number of aryl methyl sites for hydroxylation is 1. The number of phenolic OH excluding ortho intramolecular Hbond substituents is 1. The first-order valence-electron chi connectivity index (χ1n) is 9.31. The molecule has 0 spiro atoms. The maximum atomic E-state index is 12.1. The highest BCUT2D eigenvalue weighted by molar-refractivity contribution is 6.02. The number of amides is 1. The van der Waals surface area contributed by atoms with Gasteiger partial charge in [0, 0.05) is 12.0 Å². The van der Waals surface area contributed by atoms with E-state index in [4.69, 9.17) is 4.74 Å². The minimum atomic E-state index is -0.182. The summed E-state index contributed by atoms with van der Waals surface area (Å²) in [5.74, 6) is 0.765. The molecule has 0 radical (unpaired) electrons. The fourth-order valence-corrected chi connectivity index (χ4v) is 2.91. The molecular weight excluding hydrogens is 352 g/mol. The third kappa shape index (κ3) is 5.10. The minimum Gasteiger partial charge on any atom is -0.507 e. The standard InChI is InChI=1S/C23H24N2O3/c1-16(2)28-19-11-7-17(8-12-19)9-14-23(27)25-24-15-21-20-6-4-3-5-18(20)10-13-22(21)26/h3-8,10-13,15-16,26H,9,14H2,1-2H3,(H,25,27)/b24-15-. The Morgan fingerprint density at radius 1 is 1.11 bits per heavy atom. The van der Waals surface area contributed by atoms with Gasteiger partial charge in [-0.25, -0.2) is 5.43 Å². The van der Waals surface area contributed by atoms with E-state index in [-0.39, 0.29) is 17.8 Å². The lowest BCUT2D eigenvalue weighted by Crippen LogP contribution is -2.17. The van der Waals surface area contributed by atoms with Crippen LogP contribution in [0.3, 0.4) is 0 Å². The molecule has 0 unspecified atom stereocenters. The van der Waals surface area contributed by atoms with Gasteiger partial charge >= 0.3 is 0 Å². The minimum absolute atomic E-state index is 0.125. The van der Waals surface area contributed by atoms with E-state index in [9.17, 15) is 9.90 Å². The molecule has 0 saturated heterocycles. The van der Waals surface area contributed by atoms with Crippen molar-refractivity contribution in [2.75, 3.05) is 0 Å². The number of benzene rings is 3. The number of hydrogen-bond donors (Lipinski definition) is 2. The summed E-state index contributed by atoms with van der Waals surface area (Å²) < 4.78 is 5.61. The predicted molar refractivity (Wildman–Crippen MR) is 112 cm³/mol. The molecule has 0 aliphatic rings. The molecule has 3 aromatic carbocycles. The number of nitrogens with zero attached hydrogens (tertiary/aromatic N) is 1. The molecule has 144 valence electrons. The second kappa shape index (κ2) is 9.04. The molecule has 3 rings (SSSR count). The number of carbonyl (C=O) groups excluding carboxylic acids is 1. The summed E-state index contributed by atoms with van der Waals surface area (Å²) in [6, 6.07) is 18.9. The summed E-state index contributed by atoms with van der Waals surface area (Å²) in [7, 11) is 0. The Morgan fingerprint density at radius 2 is 1.86 bits per heavy atom. The van der Waals surface area contributed by atoms with Gasteiger partial charge in [0.1, 0.15) is 11.5 Å². The SMILES string of the molecule is CC(C)Oc1ccc(CCC(=O)N/N=C\c2c(O)ccc3ccccc23)cc1. The fourth-order valence-electron chi connectivity index (χ4n) is 2.91. The summed E-state index contributed by atoms with van der Waals surface area (Å²) in [5, 5.41) is 16.0. The monoisotopic (exact) mass is 376 g/mol. The lowest BCUT2D eigenvalue weighted by atomic mass is 10.0. The third-order valence-corrected chi connectivity index (χ3v) is 4.27. The van der Waals surface area contributed by atoms with E-state index in [1.165, 1.54) is 6.21 Å². The van der Waals surface area contributed by atoms with Crippen LogP contribution in [0.15, 0.2) is 65.8 Å². The van der Waals surface area contributed by atoms with Gasteiger partial charge in [0.2, 0.25) is 5.91 Å². The Balaban J connectivity index is 1.55. The number of carbonyl (C=O) groups is 1. The molecule has 0 aliphatic carbocycles. The lowest BCUT2D eigenvalue weighted by molar-refractivity contribution is -0.121. The first kappa shape index (κ1) is 19.4. The molecule has 0 heterocycles. The molecule has 5 nitrogen and oxygen atoms in total. The van der Waals surface area contributed by atoms with Crippen molar-refractivity contribution in [3.05, 3.63) is 71.8 Å². The van der Waals surface area contributed by atoms with Crippen LogP contribution in [0, 0.1) is 0 Å². The van der Waals surface area contributed by atoms with Gasteiger partial charge < -0.3 is 9.84 Å². The zero-order valence-electron chi connectivity index (χ0n) is 16.1. The number of rotatable bonds is 7. The molecule has 0 saturated carbocycles. The second-order valence-corrected chi connectivity index (χ2v) is 6.82. The summed E-state index contributed by atoms with van der Waals surface area (Å²) in [4.78, 5) is 12.1. The van der Waals surface area contributed by atoms with Crippen molar-refractivity contribution in [2.24, 2.45) is 5.10 Å². The zero-order valence-corrected chi connectivity index (χ0v) is 16.1. The number of phenols is 1. The van der Waals surface area contributed by atoms with E-state index >= 15 is 0 Å². The molecule has 0 fully saturated rings. The van der Waals surface area contributed by atoms with Crippen LogP contribution in [0.1, 0.15) is 31.4 Å². The Kier molecular flexibility index (Phi) is 6.27. The Bertz CT molecular complexity index is 979. The topological polar surface area (TPSA) is 70.9 Å². The first-order valence-corrected chi connectivity index (χ1v) is 9.31. The van der Waals surface area contributed by atoms with Crippen LogP contribution in [-0.4, -0.2) is 23.3 Å². The zero-order chi connectivity index (χ0) is 19.9. The average molecular weight is 376 g/mol. The third-order valence-electron chi connectivity index (χ3n) is 4.27. The fraction of sp³-hybridized carbons (Fsp3) is 0.217. The quantitative estimate of drug-likeness (QED) is 0.474. The van der Waals surface area contributed by atoms with Crippen molar-refractivity contribution in [1.82, 2.24) is 5.43 Å². The largest absolute Gasteiger partial charge is 0.507 e. The highest BCUT2D eigenvalue weighted by Crippen LogP contribution is 2.25. The number of ether oxygens (including phenoxy) is 1. The van der Waals surface area contributed by atoms with Crippen molar-refractivity contribution >= 4 is 22.9 Å². The highest BCUT2D eigenvalue weighted by atomic mass is 16.5. The lowest BCUT2D eigenvalue weighted by Gasteiger charge is -2.10. The number of hydrogen-bond acceptors (Lipinski definition) is 4. The summed E-state index contributed by atoms with van der Waals surface area (Å²) in [5.41, 5.74) is 4.17. The number of nitrogens with one attached hydrogen (secondary N) is 1. The van der Waals surface area contributed by atoms with E-state index < -0.39 is 0 Å². The molecular formula is C23H24N2O3. The molecule has 28 heavy (non-hydrogen) atoms. The van der Waals surface area contributed by atoms with Crippen molar-refractivity contribution in [1.29, 1.82) is 0 Å². The van der Waals surface area contributed by atoms with E-state index in [0.717, 1.165) is 22.1 Å². The second-order valence-electron chi connectivity index (χ2n) is 6.82. The number of hydrazone groups is 1. The van der Waals surface area contributed by atoms with Gasteiger partial charge in [-0.2, -0.15) is 5.10 Å². The number of fused-ring (bicyclic) bond motifs is 1. The van der Waals surface area contributed by atoms with Crippen LogP contribution in [0.2, 0.25) is 0 Å². The van der Waals surface area contributed by atoms with Gasteiger partial charge in [-0.05, 0) is 54.8 Å². The van der Waals surface area contributed by atoms with Crippen LogP contribution in [-0.2, 0) is 11.2 Å². The molecule has 1 amide bonds. The van der Waals surface area contributed by atoms with Gasteiger partial charge in [-0.1, -0.05) is 42.5 Å². The molecule has 3 aromatic rings. The van der Waals surface area contributed by atoms with E-state index in [0.29, 0.717) is 18.4 Å². The Hall–Kier alpha value is -3.34. The highest BCUT2D eigenvalue weighted by Gasteiger charge is 2.05. The first-order chi connectivity index (χ1) is 13.5. The summed E-state index contributed by atoms with van der Waals surface area (Å²) >= 11 is 0. The van der Waals surface area contributed by atoms with Crippen molar-refractivity contribution in [3.63, 3.8) is 0 Å². The van der Waals surface area contributed by atoms with Gasteiger partial charge in [-0.3, -0.25) is 4.79 Å². The van der Waals surface area contributed by atoms with Crippen molar-refractivity contribution in [2.45, 2.75) is 32.8 Å². The maximum Gasteiger partial charge on any atom is 0.240 e. The normalized spacial score (nSPS) is 11.2. The maximum absolute atomic E-state index is 12.1. The van der Waals surface area contributed by atoms with Crippen LogP contribution in [0.25, 0.3) is 10.8 Å². The van der Waals surface area contributed by atoms with Gasteiger partial charge in [-0.15, -0.1) is 0 Å². The van der Waals surface area contributed by atoms with Gasteiger partial charge in [0.05, 0.1) is 12.3 Å². The van der Waals surface area contributed by atoms with Crippen LogP contribution in [0.4, 0.5) is 0 Å². The van der Waals surface area contributed by atoms with E-state index in [1.807, 2.05) is 68.4 Å². The average Bonchev–Trinajstić information content (AvgIpc) is 2.69. The van der Waals surface area contributed by atoms with E-state index in [1.54, 1.807) is 6.07 Å². The molecule has 0 bridgehead atoms. The van der Waals surface area contributed by atoms with Gasteiger partial charge in [0.25, 0.3) is 0 Å². The summed E-state index contributed by atoms with van der Waals surface area (Å²) in [6.07, 6.45) is 2.55. The number of aromatic hydroxyl groups is 1.